The molecule has 4 heterocycles. The lowest BCUT2D eigenvalue weighted by Gasteiger charge is -2.31. The molecule has 0 radical (unpaired) electrons. The largest absolute Gasteiger partial charge is 0.453 e. The van der Waals surface area contributed by atoms with Gasteiger partial charge in [-0.1, -0.05) is 76.2 Å². The molecule has 0 spiro atoms. The van der Waals surface area contributed by atoms with E-state index in [1.165, 1.54) is 25.3 Å². The molecule has 13 heteroatoms. The van der Waals surface area contributed by atoms with Crippen molar-refractivity contribution in [2.75, 3.05) is 27.3 Å². The van der Waals surface area contributed by atoms with Crippen LogP contribution in [0.15, 0.2) is 54.7 Å². The molecule has 4 N–H and O–H groups in total. The summed E-state index contributed by atoms with van der Waals surface area (Å²) in [7, 11) is 2.61. The summed E-state index contributed by atoms with van der Waals surface area (Å²) in [5.41, 5.74) is 10.2. The number of aromatic nitrogens is 3. The van der Waals surface area contributed by atoms with Gasteiger partial charge in [0.2, 0.25) is 11.8 Å². The standard InChI is InChI=1S/C45H57N7O6/c1-26(2)37(49-44(55)57-5)42(53)51-23-9-13-35(51)40-33-12-8-7-11-32(33)39(48-40)31-21-17-29(18-22-31)28-15-19-30(20-16-28)34-25-46-41(47-34)36-14-10-24-52(36)43(54)38(27(3)4)50-45(56)58-6/h15-22,25-27,35-38,48H,7-14,23-24H2,1-6H3,(H,46,47)(H,49,55)(H,50,56)/t35?,36-,37-,38-/m0/s1. The topological polar surface area (TPSA) is 162 Å². The van der Waals surface area contributed by atoms with Crippen LogP contribution in [0.3, 0.4) is 0 Å². The molecule has 308 valence electrons. The average Bonchev–Trinajstić information content (AvgIpc) is 4.07. The first-order chi connectivity index (χ1) is 28.0. The lowest BCUT2D eigenvalue weighted by molar-refractivity contribution is -0.136. The van der Waals surface area contributed by atoms with Crippen molar-refractivity contribution in [1.82, 2.24) is 35.4 Å². The number of rotatable bonds is 11. The van der Waals surface area contributed by atoms with Crippen molar-refractivity contribution in [3.05, 3.63) is 77.4 Å². The van der Waals surface area contributed by atoms with Gasteiger partial charge in [0.1, 0.15) is 17.9 Å². The molecule has 4 atom stereocenters. The van der Waals surface area contributed by atoms with Crippen LogP contribution >= 0.6 is 0 Å². The normalized spacial score (nSPS) is 18.9. The molecule has 7 rings (SSSR count). The fraction of sp³-hybridized carbons (Fsp3) is 0.489. The third-order valence-electron chi connectivity index (χ3n) is 12.2. The number of H-pyrrole nitrogens is 2. The number of imidazole rings is 1. The first-order valence-corrected chi connectivity index (χ1v) is 20.8. The van der Waals surface area contributed by atoms with E-state index < -0.39 is 24.3 Å². The average molecular weight is 792 g/mol. The SMILES string of the molecule is COC(=O)N[C@H](C(=O)N1CCCC1c1[nH]c(-c2ccc(-c3ccc(-c4cnc([C@@H]5CCCN5C(=O)[C@@H](NC(=O)OC)C(C)C)[nH]4)cc3)cc2)c2c1CCCC2)C(C)C. The van der Waals surface area contributed by atoms with Gasteiger partial charge in [-0.25, -0.2) is 14.6 Å². The summed E-state index contributed by atoms with van der Waals surface area (Å²) >= 11 is 0. The van der Waals surface area contributed by atoms with E-state index in [4.69, 9.17) is 14.5 Å². The maximum absolute atomic E-state index is 13.9. The molecule has 58 heavy (non-hydrogen) atoms. The number of alkyl carbamates (subject to hydrolysis) is 2. The van der Waals surface area contributed by atoms with Crippen LogP contribution in [0.1, 0.15) is 101 Å². The third kappa shape index (κ3) is 8.21. The van der Waals surface area contributed by atoms with Crippen molar-refractivity contribution in [3.63, 3.8) is 0 Å². The number of likely N-dealkylation sites (tertiary alicyclic amines) is 2. The fourth-order valence-corrected chi connectivity index (χ4v) is 9.02. The quantitative estimate of drug-likeness (QED) is 0.121. The van der Waals surface area contributed by atoms with Gasteiger partial charge in [0, 0.05) is 24.5 Å². The van der Waals surface area contributed by atoms with E-state index in [1.54, 1.807) is 0 Å². The van der Waals surface area contributed by atoms with Crippen LogP contribution in [0.5, 0.6) is 0 Å². The van der Waals surface area contributed by atoms with Crippen LogP contribution in [-0.2, 0) is 31.9 Å². The van der Waals surface area contributed by atoms with Gasteiger partial charge in [0.05, 0.1) is 38.2 Å². The highest BCUT2D eigenvalue weighted by atomic mass is 16.5. The minimum Gasteiger partial charge on any atom is -0.453 e. The van der Waals surface area contributed by atoms with Gasteiger partial charge in [0.15, 0.2) is 0 Å². The van der Waals surface area contributed by atoms with E-state index in [0.29, 0.717) is 13.1 Å². The number of methoxy groups -OCH3 is 2. The van der Waals surface area contributed by atoms with Crippen molar-refractivity contribution in [1.29, 1.82) is 0 Å². The summed E-state index contributed by atoms with van der Waals surface area (Å²) in [5, 5.41) is 5.48. The van der Waals surface area contributed by atoms with Crippen LogP contribution in [0.4, 0.5) is 9.59 Å². The number of ether oxygens (including phenoxy) is 2. The molecule has 4 amide bonds. The smallest absolute Gasteiger partial charge is 0.407 e. The molecule has 13 nitrogen and oxygen atoms in total. The highest BCUT2D eigenvalue weighted by molar-refractivity contribution is 5.87. The summed E-state index contributed by atoms with van der Waals surface area (Å²) in [6, 6.07) is 15.5. The zero-order valence-corrected chi connectivity index (χ0v) is 34.5. The van der Waals surface area contributed by atoms with E-state index in [0.717, 1.165) is 96.5 Å². The zero-order valence-electron chi connectivity index (χ0n) is 34.5. The van der Waals surface area contributed by atoms with Crippen molar-refractivity contribution in [3.8, 4) is 33.6 Å². The predicted molar refractivity (Wildman–Crippen MR) is 222 cm³/mol. The number of carbonyl (C=O) groups is 4. The van der Waals surface area contributed by atoms with E-state index in [9.17, 15) is 19.2 Å². The Labute approximate surface area is 340 Å². The van der Waals surface area contributed by atoms with Crippen LogP contribution in [0, 0.1) is 11.8 Å². The Bertz CT molecular complexity index is 2100. The van der Waals surface area contributed by atoms with Crippen molar-refractivity contribution >= 4 is 24.0 Å². The van der Waals surface area contributed by atoms with Crippen molar-refractivity contribution < 1.29 is 28.7 Å². The highest BCUT2D eigenvalue weighted by Gasteiger charge is 2.40. The molecule has 2 aromatic heterocycles. The summed E-state index contributed by atoms with van der Waals surface area (Å²) in [6.45, 7) is 8.96. The molecule has 2 aromatic carbocycles. The fourth-order valence-electron chi connectivity index (χ4n) is 9.02. The second-order valence-electron chi connectivity index (χ2n) is 16.5. The second-order valence-corrected chi connectivity index (χ2v) is 16.5. The van der Waals surface area contributed by atoms with E-state index in [-0.39, 0.29) is 35.7 Å². The first-order valence-electron chi connectivity index (χ1n) is 20.8. The number of amides is 4. The highest BCUT2D eigenvalue weighted by Crippen LogP contribution is 2.42. The van der Waals surface area contributed by atoms with Gasteiger partial charge < -0.3 is 39.9 Å². The molecule has 2 saturated heterocycles. The van der Waals surface area contributed by atoms with Crippen molar-refractivity contribution in [2.24, 2.45) is 11.8 Å². The molecule has 0 saturated carbocycles. The summed E-state index contributed by atoms with van der Waals surface area (Å²) < 4.78 is 9.61. The number of hydrogen-bond acceptors (Lipinski definition) is 7. The maximum atomic E-state index is 13.9. The maximum Gasteiger partial charge on any atom is 0.407 e. The van der Waals surface area contributed by atoms with Crippen LogP contribution < -0.4 is 10.6 Å². The molecule has 2 aliphatic heterocycles. The van der Waals surface area contributed by atoms with Crippen LogP contribution in [0.2, 0.25) is 0 Å². The molecule has 1 unspecified atom stereocenters. The van der Waals surface area contributed by atoms with Crippen molar-refractivity contribution in [2.45, 2.75) is 103 Å². The van der Waals surface area contributed by atoms with E-state index in [2.05, 4.69) is 69.1 Å². The Balaban J connectivity index is 1.06. The minimum absolute atomic E-state index is 0.0643. The zero-order chi connectivity index (χ0) is 41.1. The van der Waals surface area contributed by atoms with Gasteiger partial charge in [-0.05, 0) is 96.6 Å². The Morgan fingerprint density at radius 3 is 1.67 bits per heavy atom. The first kappa shape index (κ1) is 40.6. The predicted octanol–water partition coefficient (Wildman–Crippen LogP) is 7.71. The number of benzene rings is 2. The molecule has 2 fully saturated rings. The van der Waals surface area contributed by atoms with E-state index >= 15 is 0 Å². The van der Waals surface area contributed by atoms with Gasteiger partial charge in [-0.15, -0.1) is 0 Å². The number of nitrogens with zero attached hydrogens (tertiary/aromatic N) is 3. The Morgan fingerprint density at radius 1 is 0.655 bits per heavy atom. The molecule has 4 aromatic rings. The molecule has 3 aliphatic rings. The summed E-state index contributed by atoms with van der Waals surface area (Å²) in [6.07, 6.45) is 8.28. The monoisotopic (exact) mass is 791 g/mol. The number of hydrogen-bond donors (Lipinski definition) is 4. The molecule has 1 aliphatic carbocycles. The number of fused-ring (bicyclic) bond motifs is 1. The third-order valence-corrected chi connectivity index (χ3v) is 12.2. The number of carbonyl (C=O) groups excluding carboxylic acids is 4. The number of aromatic amines is 2. The summed E-state index contributed by atoms with van der Waals surface area (Å²) in [5.74, 6) is 0.356. The minimum atomic E-state index is -0.684. The lowest BCUT2D eigenvalue weighted by Crippen LogP contribution is -2.51. The van der Waals surface area contributed by atoms with Gasteiger partial charge in [-0.2, -0.15) is 0 Å². The van der Waals surface area contributed by atoms with Gasteiger partial charge >= 0.3 is 12.2 Å². The molecular weight excluding hydrogens is 735 g/mol. The molecular formula is C45H57N7O6. The lowest BCUT2D eigenvalue weighted by atomic mass is 9.88. The summed E-state index contributed by atoms with van der Waals surface area (Å²) in [4.78, 5) is 67.4. The number of nitrogens with one attached hydrogen (secondary N) is 4. The van der Waals surface area contributed by atoms with E-state index in [1.807, 2.05) is 43.7 Å². The Kier molecular flexibility index (Phi) is 12.2. The Morgan fingerprint density at radius 2 is 1.14 bits per heavy atom. The van der Waals surface area contributed by atoms with Crippen LogP contribution in [-0.4, -0.2) is 88.1 Å². The van der Waals surface area contributed by atoms with Gasteiger partial charge in [-0.3, -0.25) is 9.59 Å². The Hall–Kier alpha value is -5.59. The van der Waals surface area contributed by atoms with Gasteiger partial charge in [0.25, 0.3) is 0 Å². The second kappa shape index (κ2) is 17.5. The molecule has 0 bridgehead atoms. The van der Waals surface area contributed by atoms with Crippen LogP contribution in [0.25, 0.3) is 33.6 Å².